The van der Waals surface area contributed by atoms with Crippen molar-refractivity contribution in [2.24, 2.45) is 5.73 Å². The zero-order chi connectivity index (χ0) is 15.2. The van der Waals surface area contributed by atoms with E-state index in [9.17, 15) is 4.79 Å². The minimum atomic E-state index is -0.276. The highest BCUT2D eigenvalue weighted by molar-refractivity contribution is 5.91. The minimum absolute atomic E-state index is 0. The quantitative estimate of drug-likeness (QED) is 0.875. The van der Waals surface area contributed by atoms with E-state index in [1.807, 2.05) is 48.5 Å². The number of nitrogens with two attached hydrogens (primary N) is 1. The highest BCUT2D eigenvalue weighted by atomic mass is 35.5. The van der Waals surface area contributed by atoms with Crippen molar-refractivity contribution in [3.05, 3.63) is 65.2 Å². The molecular formula is C18H23ClN2O. The number of anilines is 1. The summed E-state index contributed by atoms with van der Waals surface area (Å²) >= 11 is 0. The fraction of sp³-hybridized carbons (Fsp3) is 0.278. The van der Waals surface area contributed by atoms with Gasteiger partial charge in [-0.3, -0.25) is 4.79 Å². The van der Waals surface area contributed by atoms with Gasteiger partial charge in [-0.05, 0) is 42.2 Å². The predicted octanol–water partition coefficient (Wildman–Crippen LogP) is 4.01. The molecule has 118 valence electrons. The third kappa shape index (κ3) is 4.86. The summed E-state index contributed by atoms with van der Waals surface area (Å²) in [6.45, 7) is 4.19. The maximum Gasteiger partial charge on any atom is 0.226 e. The van der Waals surface area contributed by atoms with Gasteiger partial charge >= 0.3 is 0 Å². The Bertz CT molecular complexity index is 614. The Labute approximate surface area is 138 Å². The van der Waals surface area contributed by atoms with Gasteiger partial charge in [-0.2, -0.15) is 0 Å². The lowest BCUT2D eigenvalue weighted by Crippen LogP contribution is -2.20. The number of amides is 1. The molecule has 0 heterocycles. The molecule has 0 saturated heterocycles. The van der Waals surface area contributed by atoms with E-state index in [-0.39, 0.29) is 30.8 Å². The monoisotopic (exact) mass is 318 g/mol. The lowest BCUT2D eigenvalue weighted by atomic mass is 10.0. The Morgan fingerprint density at radius 2 is 1.86 bits per heavy atom. The summed E-state index contributed by atoms with van der Waals surface area (Å²) in [5, 5.41) is 2.93. The van der Waals surface area contributed by atoms with Crippen LogP contribution in [0.1, 0.15) is 36.1 Å². The van der Waals surface area contributed by atoms with Crippen LogP contribution in [0.3, 0.4) is 0 Å². The standard InChI is InChI=1S/C18H22N2O.ClH/c1-3-14-11-16(10-9-13(14)2)20-18(21)12-17(19)15-7-5-4-6-8-15;/h4-11,17H,3,12,19H2,1-2H3,(H,20,21);1H. The number of aryl methyl sites for hydroxylation is 2. The summed E-state index contributed by atoms with van der Waals surface area (Å²) in [5.41, 5.74) is 10.4. The molecular weight excluding hydrogens is 296 g/mol. The second-order valence-electron chi connectivity index (χ2n) is 5.26. The van der Waals surface area contributed by atoms with Crippen LogP contribution in [0.2, 0.25) is 0 Å². The average molecular weight is 319 g/mol. The van der Waals surface area contributed by atoms with Crippen molar-refractivity contribution in [2.75, 3.05) is 5.32 Å². The van der Waals surface area contributed by atoms with Crippen LogP contribution in [0.4, 0.5) is 5.69 Å². The van der Waals surface area contributed by atoms with E-state index in [4.69, 9.17) is 5.73 Å². The van der Waals surface area contributed by atoms with Crippen molar-refractivity contribution in [3.63, 3.8) is 0 Å². The molecule has 1 atom stereocenters. The SMILES string of the molecule is CCc1cc(NC(=O)CC(N)c2ccccc2)ccc1C.Cl. The minimum Gasteiger partial charge on any atom is -0.326 e. The molecule has 0 fully saturated rings. The molecule has 0 aliphatic rings. The van der Waals surface area contributed by atoms with Gasteiger partial charge < -0.3 is 11.1 Å². The normalized spacial score (nSPS) is 11.4. The van der Waals surface area contributed by atoms with Gasteiger partial charge in [0.2, 0.25) is 5.91 Å². The van der Waals surface area contributed by atoms with Gasteiger partial charge in [0.15, 0.2) is 0 Å². The summed E-state index contributed by atoms with van der Waals surface area (Å²) in [5.74, 6) is -0.0581. The summed E-state index contributed by atoms with van der Waals surface area (Å²) in [6, 6.07) is 15.4. The highest BCUT2D eigenvalue weighted by Gasteiger charge is 2.11. The van der Waals surface area contributed by atoms with Gasteiger partial charge in [-0.1, -0.05) is 43.3 Å². The van der Waals surface area contributed by atoms with Crippen LogP contribution >= 0.6 is 12.4 Å². The Balaban J connectivity index is 0.00000242. The third-order valence-electron chi connectivity index (χ3n) is 3.65. The topological polar surface area (TPSA) is 55.1 Å². The van der Waals surface area contributed by atoms with Gasteiger partial charge in [0.05, 0.1) is 0 Å². The number of rotatable bonds is 5. The molecule has 1 unspecified atom stereocenters. The van der Waals surface area contributed by atoms with Gasteiger partial charge in [0.1, 0.15) is 0 Å². The van der Waals surface area contributed by atoms with Crippen molar-refractivity contribution in [2.45, 2.75) is 32.7 Å². The number of nitrogens with one attached hydrogen (secondary N) is 1. The zero-order valence-electron chi connectivity index (χ0n) is 13.0. The molecule has 0 spiro atoms. The van der Waals surface area contributed by atoms with Crippen molar-refractivity contribution in [1.82, 2.24) is 0 Å². The van der Waals surface area contributed by atoms with Gasteiger partial charge in [0, 0.05) is 18.2 Å². The smallest absolute Gasteiger partial charge is 0.226 e. The lowest BCUT2D eigenvalue weighted by molar-refractivity contribution is -0.116. The van der Waals surface area contributed by atoms with Crippen LogP contribution in [-0.2, 0) is 11.2 Å². The van der Waals surface area contributed by atoms with E-state index in [2.05, 4.69) is 19.2 Å². The summed E-state index contributed by atoms with van der Waals surface area (Å²) in [7, 11) is 0. The molecule has 1 amide bonds. The largest absolute Gasteiger partial charge is 0.326 e. The zero-order valence-corrected chi connectivity index (χ0v) is 13.8. The Hall–Kier alpha value is -1.84. The first-order valence-electron chi connectivity index (χ1n) is 7.30. The molecule has 4 heteroatoms. The Morgan fingerprint density at radius 3 is 2.50 bits per heavy atom. The Kier molecular flexibility index (Phi) is 7.09. The first-order chi connectivity index (χ1) is 10.1. The lowest BCUT2D eigenvalue weighted by Gasteiger charge is -2.13. The Morgan fingerprint density at radius 1 is 1.18 bits per heavy atom. The molecule has 0 aromatic heterocycles. The fourth-order valence-corrected chi connectivity index (χ4v) is 2.36. The van der Waals surface area contributed by atoms with Crippen molar-refractivity contribution in [1.29, 1.82) is 0 Å². The second-order valence-corrected chi connectivity index (χ2v) is 5.26. The number of hydrogen-bond donors (Lipinski definition) is 2. The van der Waals surface area contributed by atoms with Crippen LogP contribution < -0.4 is 11.1 Å². The van der Waals surface area contributed by atoms with Crippen LogP contribution in [0, 0.1) is 6.92 Å². The van der Waals surface area contributed by atoms with Crippen LogP contribution in [0.15, 0.2) is 48.5 Å². The molecule has 2 rings (SSSR count). The predicted molar refractivity (Wildman–Crippen MR) is 94.4 cm³/mol. The third-order valence-corrected chi connectivity index (χ3v) is 3.65. The molecule has 22 heavy (non-hydrogen) atoms. The fourth-order valence-electron chi connectivity index (χ4n) is 2.36. The first kappa shape index (κ1) is 18.2. The molecule has 3 nitrogen and oxygen atoms in total. The molecule has 2 aromatic rings. The molecule has 2 aromatic carbocycles. The maximum absolute atomic E-state index is 12.1. The molecule has 0 bridgehead atoms. The van der Waals surface area contributed by atoms with E-state index in [1.54, 1.807) is 0 Å². The van der Waals surface area contributed by atoms with E-state index in [1.165, 1.54) is 11.1 Å². The first-order valence-corrected chi connectivity index (χ1v) is 7.30. The van der Waals surface area contributed by atoms with Crippen LogP contribution in [-0.4, -0.2) is 5.91 Å². The number of benzene rings is 2. The summed E-state index contributed by atoms with van der Waals surface area (Å²) in [4.78, 5) is 12.1. The number of hydrogen-bond acceptors (Lipinski definition) is 2. The number of carbonyl (C=O) groups excluding carboxylic acids is 1. The average Bonchev–Trinajstić information content (AvgIpc) is 2.50. The maximum atomic E-state index is 12.1. The summed E-state index contributed by atoms with van der Waals surface area (Å²) < 4.78 is 0. The van der Waals surface area contributed by atoms with E-state index in [0.29, 0.717) is 0 Å². The van der Waals surface area contributed by atoms with Crippen LogP contribution in [0.5, 0.6) is 0 Å². The molecule has 3 N–H and O–H groups in total. The van der Waals surface area contributed by atoms with E-state index < -0.39 is 0 Å². The molecule has 0 aliphatic carbocycles. The number of carbonyl (C=O) groups is 1. The second kappa shape index (κ2) is 8.57. The van der Waals surface area contributed by atoms with E-state index in [0.717, 1.165) is 17.7 Å². The van der Waals surface area contributed by atoms with Gasteiger partial charge in [-0.25, -0.2) is 0 Å². The van der Waals surface area contributed by atoms with Crippen molar-refractivity contribution >= 4 is 24.0 Å². The van der Waals surface area contributed by atoms with Crippen LogP contribution in [0.25, 0.3) is 0 Å². The molecule has 0 radical (unpaired) electrons. The van der Waals surface area contributed by atoms with Crippen molar-refractivity contribution in [3.8, 4) is 0 Å². The van der Waals surface area contributed by atoms with Gasteiger partial charge in [-0.15, -0.1) is 12.4 Å². The number of halogens is 1. The highest BCUT2D eigenvalue weighted by Crippen LogP contribution is 2.18. The molecule has 0 aliphatic heterocycles. The summed E-state index contributed by atoms with van der Waals surface area (Å²) in [6.07, 6.45) is 1.23. The molecule has 0 saturated carbocycles. The van der Waals surface area contributed by atoms with Gasteiger partial charge in [0.25, 0.3) is 0 Å². The van der Waals surface area contributed by atoms with E-state index >= 15 is 0 Å². The van der Waals surface area contributed by atoms with Crippen molar-refractivity contribution < 1.29 is 4.79 Å².